The molecule has 0 radical (unpaired) electrons. The standard InChI is InChI=1S/C19H20O3/c1-18(21)12-15-10-6-7-11-16(15)19(18,2)17(20)22-13-14-8-4-3-5-9-14/h3-11,21H,12-13H2,1-2H3/t18-,19-/m0/s1. The van der Waals surface area contributed by atoms with Crippen molar-refractivity contribution in [3.8, 4) is 0 Å². The van der Waals surface area contributed by atoms with Crippen LogP contribution in [0.5, 0.6) is 0 Å². The second-order valence-corrected chi connectivity index (χ2v) is 6.29. The molecule has 1 N–H and O–H groups in total. The minimum atomic E-state index is -1.15. The first kappa shape index (κ1) is 14.8. The Bertz CT molecular complexity index is 691. The van der Waals surface area contributed by atoms with Crippen molar-refractivity contribution in [1.29, 1.82) is 0 Å². The molecule has 0 saturated carbocycles. The number of fused-ring (bicyclic) bond motifs is 1. The fourth-order valence-corrected chi connectivity index (χ4v) is 3.20. The summed E-state index contributed by atoms with van der Waals surface area (Å²) in [5, 5.41) is 10.8. The number of hydrogen-bond donors (Lipinski definition) is 1. The fraction of sp³-hybridized carbons (Fsp3) is 0.316. The number of ether oxygens (including phenoxy) is 1. The average Bonchev–Trinajstić information content (AvgIpc) is 2.73. The Hall–Kier alpha value is -2.13. The van der Waals surface area contributed by atoms with Gasteiger partial charge in [-0.25, -0.2) is 0 Å². The van der Waals surface area contributed by atoms with Crippen LogP contribution in [0.25, 0.3) is 0 Å². The molecule has 0 aliphatic heterocycles. The van der Waals surface area contributed by atoms with Gasteiger partial charge in [0.05, 0.1) is 5.60 Å². The Morgan fingerprint density at radius 1 is 1.09 bits per heavy atom. The van der Waals surface area contributed by atoms with Gasteiger partial charge in [-0.15, -0.1) is 0 Å². The lowest BCUT2D eigenvalue weighted by Crippen LogP contribution is -2.50. The molecule has 3 rings (SSSR count). The zero-order valence-corrected chi connectivity index (χ0v) is 12.9. The maximum Gasteiger partial charge on any atom is 0.319 e. The summed E-state index contributed by atoms with van der Waals surface area (Å²) in [6.45, 7) is 3.69. The highest BCUT2D eigenvalue weighted by molar-refractivity contribution is 5.86. The Kier molecular flexibility index (Phi) is 3.53. The lowest BCUT2D eigenvalue weighted by molar-refractivity contribution is -0.160. The van der Waals surface area contributed by atoms with E-state index in [1.807, 2.05) is 54.6 Å². The van der Waals surface area contributed by atoms with E-state index in [0.29, 0.717) is 6.42 Å². The summed E-state index contributed by atoms with van der Waals surface area (Å²) in [5.41, 5.74) is 0.609. The van der Waals surface area contributed by atoms with Crippen molar-refractivity contribution in [3.05, 3.63) is 71.3 Å². The van der Waals surface area contributed by atoms with Gasteiger partial charge in [-0.3, -0.25) is 4.79 Å². The van der Waals surface area contributed by atoms with Crippen LogP contribution in [0.2, 0.25) is 0 Å². The van der Waals surface area contributed by atoms with Gasteiger partial charge in [-0.05, 0) is 30.5 Å². The maximum absolute atomic E-state index is 12.7. The van der Waals surface area contributed by atoms with Gasteiger partial charge < -0.3 is 9.84 Å². The van der Waals surface area contributed by atoms with Crippen molar-refractivity contribution >= 4 is 5.97 Å². The molecule has 2 aromatic carbocycles. The van der Waals surface area contributed by atoms with Crippen LogP contribution < -0.4 is 0 Å². The largest absolute Gasteiger partial charge is 0.460 e. The third-order valence-corrected chi connectivity index (χ3v) is 4.79. The molecule has 0 spiro atoms. The molecule has 0 saturated heterocycles. The molecule has 2 atom stereocenters. The first-order chi connectivity index (χ1) is 10.4. The molecule has 1 aliphatic rings. The van der Waals surface area contributed by atoms with Crippen molar-refractivity contribution in [2.24, 2.45) is 0 Å². The van der Waals surface area contributed by atoms with Crippen LogP contribution in [0.4, 0.5) is 0 Å². The summed E-state index contributed by atoms with van der Waals surface area (Å²) >= 11 is 0. The highest BCUT2D eigenvalue weighted by Crippen LogP contribution is 2.46. The Balaban J connectivity index is 1.87. The van der Waals surface area contributed by atoms with Gasteiger partial charge in [0.15, 0.2) is 0 Å². The van der Waals surface area contributed by atoms with Crippen LogP contribution >= 0.6 is 0 Å². The van der Waals surface area contributed by atoms with Gasteiger partial charge >= 0.3 is 5.97 Å². The van der Waals surface area contributed by atoms with Gasteiger partial charge in [-0.1, -0.05) is 54.6 Å². The number of aliphatic hydroxyl groups is 1. The first-order valence-corrected chi connectivity index (χ1v) is 7.47. The van der Waals surface area contributed by atoms with E-state index in [0.717, 1.165) is 16.7 Å². The third-order valence-electron chi connectivity index (χ3n) is 4.79. The molecule has 2 aromatic rings. The third kappa shape index (κ3) is 2.22. The molecule has 0 bridgehead atoms. The SMILES string of the molecule is C[C@]1(O)Cc2ccccc2[C@@]1(C)C(=O)OCc1ccccc1. The lowest BCUT2D eigenvalue weighted by Gasteiger charge is -2.35. The summed E-state index contributed by atoms with van der Waals surface area (Å²) in [6.07, 6.45) is 0.458. The van der Waals surface area contributed by atoms with E-state index in [9.17, 15) is 9.90 Å². The molecule has 114 valence electrons. The zero-order valence-electron chi connectivity index (χ0n) is 12.9. The number of rotatable bonds is 3. The smallest absolute Gasteiger partial charge is 0.319 e. The number of benzene rings is 2. The van der Waals surface area contributed by atoms with E-state index < -0.39 is 11.0 Å². The fourth-order valence-electron chi connectivity index (χ4n) is 3.20. The van der Waals surface area contributed by atoms with E-state index in [4.69, 9.17) is 4.74 Å². The molecule has 0 amide bonds. The quantitative estimate of drug-likeness (QED) is 0.886. The number of carbonyl (C=O) groups is 1. The van der Waals surface area contributed by atoms with Crippen molar-refractivity contribution < 1.29 is 14.6 Å². The maximum atomic E-state index is 12.7. The summed E-state index contributed by atoms with van der Waals surface area (Å²) in [4.78, 5) is 12.7. The molecule has 0 aromatic heterocycles. The monoisotopic (exact) mass is 296 g/mol. The molecule has 3 nitrogen and oxygen atoms in total. The van der Waals surface area contributed by atoms with Crippen LogP contribution in [0, 0.1) is 0 Å². The summed E-state index contributed by atoms with van der Waals surface area (Å²) in [7, 11) is 0. The average molecular weight is 296 g/mol. The molecule has 22 heavy (non-hydrogen) atoms. The topological polar surface area (TPSA) is 46.5 Å². The summed E-state index contributed by atoms with van der Waals surface area (Å²) in [5.74, 6) is -0.383. The van der Waals surface area contributed by atoms with Crippen molar-refractivity contribution in [3.63, 3.8) is 0 Å². The lowest BCUT2D eigenvalue weighted by atomic mass is 9.74. The van der Waals surface area contributed by atoms with Gasteiger partial charge in [0.1, 0.15) is 12.0 Å². The predicted molar refractivity (Wildman–Crippen MR) is 84.4 cm³/mol. The van der Waals surface area contributed by atoms with Crippen molar-refractivity contribution in [2.45, 2.75) is 37.9 Å². The molecule has 3 heteroatoms. The highest BCUT2D eigenvalue weighted by atomic mass is 16.5. The summed E-state index contributed by atoms with van der Waals surface area (Å²) in [6, 6.07) is 17.2. The molecule has 0 fully saturated rings. The minimum Gasteiger partial charge on any atom is -0.460 e. The normalized spacial score (nSPS) is 26.5. The van der Waals surface area contributed by atoms with E-state index in [-0.39, 0.29) is 12.6 Å². The van der Waals surface area contributed by atoms with Gasteiger partial charge in [-0.2, -0.15) is 0 Å². The van der Waals surface area contributed by atoms with Crippen molar-refractivity contribution in [2.75, 3.05) is 0 Å². The van der Waals surface area contributed by atoms with Gasteiger partial charge in [0.2, 0.25) is 0 Å². The van der Waals surface area contributed by atoms with E-state index in [1.54, 1.807) is 13.8 Å². The molecule has 0 heterocycles. The zero-order chi connectivity index (χ0) is 15.8. The molecule has 1 aliphatic carbocycles. The van der Waals surface area contributed by atoms with Crippen LogP contribution in [0.1, 0.15) is 30.5 Å². The van der Waals surface area contributed by atoms with Crippen LogP contribution in [0.15, 0.2) is 54.6 Å². The van der Waals surface area contributed by atoms with Crippen molar-refractivity contribution in [1.82, 2.24) is 0 Å². The van der Waals surface area contributed by atoms with E-state index >= 15 is 0 Å². The van der Waals surface area contributed by atoms with Gasteiger partial charge in [0.25, 0.3) is 0 Å². The Morgan fingerprint density at radius 2 is 1.73 bits per heavy atom. The highest BCUT2D eigenvalue weighted by Gasteiger charge is 2.57. The number of esters is 1. The van der Waals surface area contributed by atoms with E-state index in [1.165, 1.54) is 0 Å². The second-order valence-electron chi connectivity index (χ2n) is 6.29. The van der Waals surface area contributed by atoms with Crippen LogP contribution in [0.3, 0.4) is 0 Å². The predicted octanol–water partition coefficient (Wildman–Crippen LogP) is 2.99. The molecular weight excluding hydrogens is 276 g/mol. The Labute approximate surface area is 130 Å². The molecular formula is C19H20O3. The first-order valence-electron chi connectivity index (χ1n) is 7.47. The van der Waals surface area contributed by atoms with Gasteiger partial charge in [0, 0.05) is 6.42 Å². The minimum absolute atomic E-state index is 0.216. The van der Waals surface area contributed by atoms with E-state index in [2.05, 4.69) is 0 Å². The second kappa shape index (κ2) is 5.25. The number of carbonyl (C=O) groups excluding carboxylic acids is 1. The number of hydrogen-bond acceptors (Lipinski definition) is 3. The molecule has 0 unspecified atom stereocenters. The van der Waals surface area contributed by atoms with Crippen LogP contribution in [-0.4, -0.2) is 16.7 Å². The Morgan fingerprint density at radius 3 is 2.45 bits per heavy atom. The summed E-state index contributed by atoms with van der Waals surface area (Å²) < 4.78 is 5.51. The van der Waals surface area contributed by atoms with Crippen LogP contribution in [-0.2, 0) is 28.0 Å².